The summed E-state index contributed by atoms with van der Waals surface area (Å²) in [5, 5.41) is 10.2. The van der Waals surface area contributed by atoms with Crippen molar-refractivity contribution in [3.8, 4) is 17.2 Å². The number of rotatable bonds is 3. The molecule has 4 nitrogen and oxygen atoms in total. The Morgan fingerprint density at radius 1 is 1.08 bits per heavy atom. The molecule has 0 aliphatic rings. The minimum atomic E-state index is 0.106. The van der Waals surface area contributed by atoms with Crippen molar-refractivity contribution in [2.24, 2.45) is 4.99 Å². The summed E-state index contributed by atoms with van der Waals surface area (Å²) in [6.07, 6.45) is 1.77. The highest BCUT2D eigenvalue weighted by molar-refractivity contribution is 9.10. The summed E-state index contributed by atoms with van der Waals surface area (Å²) in [5.74, 6) is 0.484. The van der Waals surface area contributed by atoms with E-state index in [2.05, 4.69) is 25.9 Å². The lowest BCUT2D eigenvalue weighted by Crippen LogP contribution is -1.82. The summed E-state index contributed by atoms with van der Waals surface area (Å²) >= 11 is 3.45. The molecule has 0 amide bonds. The molecule has 0 aliphatic carbocycles. The first-order valence-corrected chi connectivity index (χ1v) is 8.88. The smallest absolute Gasteiger partial charge is 0.231 e. The van der Waals surface area contributed by atoms with E-state index in [1.165, 1.54) is 0 Å². The minimum Gasteiger partial charge on any atom is -0.507 e. The quantitative estimate of drug-likeness (QED) is 0.423. The Morgan fingerprint density at radius 2 is 1.96 bits per heavy atom. The number of fused-ring (bicyclic) bond motifs is 1. The van der Waals surface area contributed by atoms with Crippen LogP contribution in [0.5, 0.6) is 5.75 Å². The molecule has 4 aromatic rings. The number of halogens is 1. The zero-order chi connectivity index (χ0) is 18.1. The van der Waals surface area contributed by atoms with Crippen molar-refractivity contribution >= 4 is 38.9 Å². The third kappa shape index (κ3) is 3.39. The van der Waals surface area contributed by atoms with E-state index in [9.17, 15) is 5.11 Å². The largest absolute Gasteiger partial charge is 0.507 e. The monoisotopic (exact) mass is 406 g/mol. The van der Waals surface area contributed by atoms with Gasteiger partial charge in [0.15, 0.2) is 5.58 Å². The van der Waals surface area contributed by atoms with Gasteiger partial charge in [-0.1, -0.05) is 34.1 Å². The van der Waals surface area contributed by atoms with Gasteiger partial charge in [-0.2, -0.15) is 0 Å². The topological polar surface area (TPSA) is 58.6 Å². The number of aryl methyl sites for hydroxylation is 1. The van der Waals surface area contributed by atoms with Crippen LogP contribution < -0.4 is 0 Å². The molecule has 0 atom stereocenters. The van der Waals surface area contributed by atoms with Gasteiger partial charge >= 0.3 is 0 Å². The first-order chi connectivity index (χ1) is 12.6. The molecule has 0 saturated heterocycles. The van der Waals surface area contributed by atoms with E-state index >= 15 is 0 Å². The van der Waals surface area contributed by atoms with Crippen LogP contribution in [0.15, 0.2) is 74.5 Å². The second-order valence-electron chi connectivity index (χ2n) is 6.00. The van der Waals surface area contributed by atoms with Gasteiger partial charge in [0.05, 0.1) is 11.3 Å². The van der Waals surface area contributed by atoms with E-state index in [1.54, 1.807) is 24.4 Å². The maximum absolute atomic E-state index is 10.2. The summed E-state index contributed by atoms with van der Waals surface area (Å²) in [6, 6.07) is 18.8. The minimum absolute atomic E-state index is 0.106. The van der Waals surface area contributed by atoms with Crippen LogP contribution in [-0.4, -0.2) is 16.3 Å². The highest BCUT2D eigenvalue weighted by Crippen LogP contribution is 2.34. The molecule has 5 heteroatoms. The standard InChI is InChI=1S/C21H15BrN2O2/c1-13-5-7-18-20(9-13)26-21(24-18)17-11-16(6-8-19(17)25)23-12-14-3-2-4-15(22)10-14/h2-12,25H,1H3. The van der Waals surface area contributed by atoms with Gasteiger partial charge in [-0.15, -0.1) is 0 Å². The van der Waals surface area contributed by atoms with Crippen LogP contribution in [0.4, 0.5) is 5.69 Å². The van der Waals surface area contributed by atoms with Crippen LogP contribution >= 0.6 is 15.9 Å². The van der Waals surface area contributed by atoms with E-state index in [1.807, 2.05) is 49.4 Å². The van der Waals surface area contributed by atoms with Crippen LogP contribution in [0.1, 0.15) is 11.1 Å². The lowest BCUT2D eigenvalue weighted by Gasteiger charge is -2.02. The van der Waals surface area contributed by atoms with Crippen molar-refractivity contribution in [3.63, 3.8) is 0 Å². The zero-order valence-corrected chi connectivity index (χ0v) is 15.6. The number of aromatic hydroxyl groups is 1. The van der Waals surface area contributed by atoms with Gasteiger partial charge in [0.1, 0.15) is 11.3 Å². The van der Waals surface area contributed by atoms with Crippen molar-refractivity contribution < 1.29 is 9.52 Å². The molecule has 1 heterocycles. The number of aromatic nitrogens is 1. The van der Waals surface area contributed by atoms with E-state index in [4.69, 9.17) is 4.42 Å². The summed E-state index contributed by atoms with van der Waals surface area (Å²) in [4.78, 5) is 8.96. The summed E-state index contributed by atoms with van der Waals surface area (Å²) in [5.41, 5.74) is 4.75. The Kier molecular flexibility index (Phi) is 4.31. The summed E-state index contributed by atoms with van der Waals surface area (Å²) < 4.78 is 6.82. The fourth-order valence-corrected chi connectivity index (χ4v) is 3.08. The maximum atomic E-state index is 10.2. The average Bonchev–Trinajstić information content (AvgIpc) is 3.04. The van der Waals surface area contributed by atoms with Crippen molar-refractivity contribution in [2.75, 3.05) is 0 Å². The molecule has 0 fully saturated rings. The Hall–Kier alpha value is -2.92. The van der Waals surface area contributed by atoms with Gasteiger partial charge in [-0.3, -0.25) is 4.99 Å². The lowest BCUT2D eigenvalue weighted by molar-refractivity contribution is 0.474. The molecule has 0 spiro atoms. The molecular formula is C21H15BrN2O2. The number of phenolic OH excluding ortho intramolecular Hbond substituents is 1. The number of nitrogens with zero attached hydrogens (tertiary/aromatic N) is 2. The van der Waals surface area contributed by atoms with E-state index in [0.717, 1.165) is 21.1 Å². The molecule has 0 bridgehead atoms. The molecule has 128 valence electrons. The molecule has 4 rings (SSSR count). The van der Waals surface area contributed by atoms with E-state index in [0.29, 0.717) is 22.7 Å². The Morgan fingerprint density at radius 3 is 2.81 bits per heavy atom. The second-order valence-corrected chi connectivity index (χ2v) is 6.92. The molecule has 1 N–H and O–H groups in total. The van der Waals surface area contributed by atoms with Gasteiger partial charge in [0.2, 0.25) is 5.89 Å². The highest BCUT2D eigenvalue weighted by atomic mass is 79.9. The van der Waals surface area contributed by atoms with Crippen molar-refractivity contribution in [2.45, 2.75) is 6.92 Å². The number of oxazole rings is 1. The zero-order valence-electron chi connectivity index (χ0n) is 14.0. The number of phenols is 1. The van der Waals surface area contributed by atoms with Crippen LogP contribution in [0.3, 0.4) is 0 Å². The summed E-state index contributed by atoms with van der Waals surface area (Å²) in [7, 11) is 0. The third-order valence-electron chi connectivity index (χ3n) is 3.97. The van der Waals surface area contributed by atoms with Crippen molar-refractivity contribution in [1.29, 1.82) is 0 Å². The fourth-order valence-electron chi connectivity index (χ4n) is 2.66. The van der Waals surface area contributed by atoms with Crippen LogP contribution in [0, 0.1) is 6.92 Å². The lowest BCUT2D eigenvalue weighted by atomic mass is 10.1. The molecule has 1 aromatic heterocycles. The van der Waals surface area contributed by atoms with Gasteiger partial charge in [-0.25, -0.2) is 4.98 Å². The number of benzene rings is 3. The predicted molar refractivity (Wildman–Crippen MR) is 107 cm³/mol. The Labute approximate surface area is 159 Å². The average molecular weight is 407 g/mol. The summed E-state index contributed by atoms with van der Waals surface area (Å²) in [6.45, 7) is 2.00. The number of hydrogen-bond donors (Lipinski definition) is 1. The first-order valence-electron chi connectivity index (χ1n) is 8.09. The molecule has 3 aromatic carbocycles. The number of hydrogen-bond acceptors (Lipinski definition) is 4. The molecule has 26 heavy (non-hydrogen) atoms. The molecule has 0 radical (unpaired) electrons. The molecule has 0 unspecified atom stereocenters. The van der Waals surface area contributed by atoms with Crippen LogP contribution in [0.25, 0.3) is 22.6 Å². The van der Waals surface area contributed by atoms with Crippen LogP contribution in [0.2, 0.25) is 0 Å². The fraction of sp³-hybridized carbons (Fsp3) is 0.0476. The van der Waals surface area contributed by atoms with Crippen molar-refractivity contribution in [3.05, 3.63) is 76.3 Å². The van der Waals surface area contributed by atoms with E-state index < -0.39 is 0 Å². The predicted octanol–water partition coefficient (Wildman–Crippen LogP) is 6.02. The SMILES string of the molecule is Cc1ccc2nc(-c3cc(N=Cc4cccc(Br)c4)ccc3O)oc2c1. The Bertz CT molecular complexity index is 1130. The van der Waals surface area contributed by atoms with Crippen LogP contribution in [-0.2, 0) is 0 Å². The molecule has 0 saturated carbocycles. The third-order valence-corrected chi connectivity index (χ3v) is 4.46. The molecular weight excluding hydrogens is 392 g/mol. The van der Waals surface area contributed by atoms with Crippen molar-refractivity contribution in [1.82, 2.24) is 4.98 Å². The Balaban J connectivity index is 1.71. The van der Waals surface area contributed by atoms with Gasteiger partial charge in [0, 0.05) is 10.7 Å². The van der Waals surface area contributed by atoms with E-state index in [-0.39, 0.29) is 5.75 Å². The second kappa shape index (κ2) is 6.77. The number of aliphatic imine (C=N–C) groups is 1. The van der Waals surface area contributed by atoms with Gasteiger partial charge in [-0.05, 0) is 60.5 Å². The molecule has 0 aliphatic heterocycles. The first kappa shape index (κ1) is 16.5. The van der Waals surface area contributed by atoms with Gasteiger partial charge in [0.25, 0.3) is 0 Å². The van der Waals surface area contributed by atoms with Gasteiger partial charge < -0.3 is 9.52 Å². The highest BCUT2D eigenvalue weighted by Gasteiger charge is 2.13. The normalized spacial score (nSPS) is 11.5. The maximum Gasteiger partial charge on any atom is 0.231 e.